The lowest BCUT2D eigenvalue weighted by molar-refractivity contribution is 0.511. The molecule has 0 aliphatic carbocycles. The topological polar surface area (TPSA) is 27.8 Å². The Labute approximate surface area is 93.9 Å². The molecule has 16 heavy (non-hydrogen) atoms. The second kappa shape index (κ2) is 3.32. The Morgan fingerprint density at radius 1 is 1.38 bits per heavy atom. The molecule has 0 bridgehead atoms. The van der Waals surface area contributed by atoms with E-state index in [1.165, 1.54) is 17.3 Å². The van der Waals surface area contributed by atoms with Crippen molar-refractivity contribution in [2.75, 3.05) is 0 Å². The summed E-state index contributed by atoms with van der Waals surface area (Å²) in [4.78, 5) is 3.24. The predicted octanol–water partition coefficient (Wildman–Crippen LogP) is 2.65. The molecule has 2 aromatic rings. The minimum atomic E-state index is -0.150. The van der Waals surface area contributed by atoms with Gasteiger partial charge in [-0.25, -0.2) is 4.39 Å². The van der Waals surface area contributed by atoms with Crippen LogP contribution in [-0.4, -0.2) is 11.0 Å². The molecule has 84 valence electrons. The molecule has 0 fully saturated rings. The summed E-state index contributed by atoms with van der Waals surface area (Å²) in [6.07, 6.45) is 0.947. The third kappa shape index (κ3) is 1.28. The van der Waals surface area contributed by atoms with Crippen LogP contribution in [0.5, 0.6) is 0 Å². The molecule has 0 saturated heterocycles. The van der Waals surface area contributed by atoms with Crippen LogP contribution >= 0.6 is 0 Å². The third-order valence-electron chi connectivity index (χ3n) is 3.44. The van der Waals surface area contributed by atoms with E-state index in [1.54, 1.807) is 0 Å². The van der Waals surface area contributed by atoms with E-state index in [2.05, 4.69) is 17.2 Å². The molecule has 2 heterocycles. The highest BCUT2D eigenvalue weighted by Gasteiger charge is 2.21. The van der Waals surface area contributed by atoms with Crippen molar-refractivity contribution in [2.45, 2.75) is 32.9 Å². The maximum Gasteiger partial charge on any atom is 0.147 e. The average molecular weight is 218 g/mol. The summed E-state index contributed by atoms with van der Waals surface area (Å²) in [5.41, 5.74) is 4.24. The van der Waals surface area contributed by atoms with Crippen LogP contribution in [0.4, 0.5) is 4.39 Å². The van der Waals surface area contributed by atoms with Crippen LogP contribution in [0, 0.1) is 12.7 Å². The second-order valence-corrected chi connectivity index (χ2v) is 4.68. The molecule has 0 radical (unpaired) electrons. The number of hydrogen-bond acceptors (Lipinski definition) is 1. The van der Waals surface area contributed by atoms with Gasteiger partial charge in [0.2, 0.25) is 0 Å². The van der Waals surface area contributed by atoms with Crippen molar-refractivity contribution in [1.82, 2.24) is 10.3 Å². The van der Waals surface area contributed by atoms with Gasteiger partial charge < -0.3 is 10.3 Å². The van der Waals surface area contributed by atoms with Crippen molar-refractivity contribution >= 4 is 10.9 Å². The van der Waals surface area contributed by atoms with E-state index in [0.717, 1.165) is 23.9 Å². The fourth-order valence-electron chi connectivity index (χ4n) is 2.59. The summed E-state index contributed by atoms with van der Waals surface area (Å²) in [6, 6.07) is 3.85. The van der Waals surface area contributed by atoms with Crippen molar-refractivity contribution in [3.8, 4) is 0 Å². The number of aromatic amines is 1. The van der Waals surface area contributed by atoms with Gasteiger partial charge in [0.1, 0.15) is 5.82 Å². The van der Waals surface area contributed by atoms with E-state index < -0.39 is 0 Å². The van der Waals surface area contributed by atoms with Crippen molar-refractivity contribution < 1.29 is 4.39 Å². The van der Waals surface area contributed by atoms with Gasteiger partial charge in [0.25, 0.3) is 0 Å². The Kier molecular flexibility index (Phi) is 2.04. The number of halogens is 1. The van der Waals surface area contributed by atoms with E-state index in [-0.39, 0.29) is 5.82 Å². The number of aromatic nitrogens is 1. The van der Waals surface area contributed by atoms with E-state index in [0.29, 0.717) is 11.6 Å². The summed E-state index contributed by atoms with van der Waals surface area (Å²) >= 11 is 0. The maximum absolute atomic E-state index is 13.7. The monoisotopic (exact) mass is 218 g/mol. The zero-order chi connectivity index (χ0) is 11.3. The Balaban J connectivity index is 2.33. The van der Waals surface area contributed by atoms with Gasteiger partial charge in [-0.05, 0) is 31.0 Å². The third-order valence-corrected chi connectivity index (χ3v) is 3.44. The fourth-order valence-corrected chi connectivity index (χ4v) is 2.59. The minimum Gasteiger partial charge on any atom is -0.356 e. The molecule has 3 heteroatoms. The summed E-state index contributed by atoms with van der Waals surface area (Å²) < 4.78 is 13.7. The first-order valence-electron chi connectivity index (χ1n) is 5.68. The zero-order valence-electron chi connectivity index (χ0n) is 9.52. The SMILES string of the molecule is Cc1ccc(F)c2[nH]c3c(c12)CNC(C)C3. The zero-order valence-corrected chi connectivity index (χ0v) is 9.52. The van der Waals surface area contributed by atoms with Crippen LogP contribution in [0.25, 0.3) is 10.9 Å². The van der Waals surface area contributed by atoms with Crippen LogP contribution in [0.1, 0.15) is 23.7 Å². The number of benzene rings is 1. The van der Waals surface area contributed by atoms with Gasteiger partial charge in [0.15, 0.2) is 0 Å². The highest BCUT2D eigenvalue weighted by Crippen LogP contribution is 2.30. The molecule has 1 unspecified atom stereocenters. The first-order valence-corrected chi connectivity index (χ1v) is 5.68. The molecule has 0 spiro atoms. The summed E-state index contributed by atoms with van der Waals surface area (Å²) in [5.74, 6) is -0.150. The van der Waals surface area contributed by atoms with Crippen LogP contribution < -0.4 is 5.32 Å². The predicted molar refractivity (Wildman–Crippen MR) is 63.0 cm³/mol. The first kappa shape index (κ1) is 9.85. The molecule has 2 N–H and O–H groups in total. The number of aryl methyl sites for hydroxylation is 1. The van der Waals surface area contributed by atoms with Crippen LogP contribution in [-0.2, 0) is 13.0 Å². The van der Waals surface area contributed by atoms with Gasteiger partial charge in [-0.3, -0.25) is 0 Å². The van der Waals surface area contributed by atoms with Crippen molar-refractivity contribution in [2.24, 2.45) is 0 Å². The molecule has 3 rings (SSSR count). The number of H-pyrrole nitrogens is 1. The molecule has 1 atom stereocenters. The minimum absolute atomic E-state index is 0.150. The Morgan fingerprint density at radius 3 is 3.00 bits per heavy atom. The molecule has 1 aromatic carbocycles. The Morgan fingerprint density at radius 2 is 2.19 bits per heavy atom. The fraction of sp³-hybridized carbons (Fsp3) is 0.385. The van der Waals surface area contributed by atoms with Crippen molar-refractivity contribution in [3.05, 3.63) is 34.8 Å². The van der Waals surface area contributed by atoms with Crippen LogP contribution in [0.2, 0.25) is 0 Å². The molecular formula is C13H15FN2. The largest absolute Gasteiger partial charge is 0.356 e. The molecule has 0 saturated carbocycles. The smallest absolute Gasteiger partial charge is 0.147 e. The lowest BCUT2D eigenvalue weighted by Crippen LogP contribution is -2.32. The van der Waals surface area contributed by atoms with E-state index in [4.69, 9.17) is 0 Å². The van der Waals surface area contributed by atoms with Crippen molar-refractivity contribution in [3.63, 3.8) is 0 Å². The quantitative estimate of drug-likeness (QED) is 0.699. The van der Waals surface area contributed by atoms with Gasteiger partial charge in [0.05, 0.1) is 5.52 Å². The van der Waals surface area contributed by atoms with Crippen LogP contribution in [0.15, 0.2) is 12.1 Å². The van der Waals surface area contributed by atoms with Crippen molar-refractivity contribution in [1.29, 1.82) is 0 Å². The second-order valence-electron chi connectivity index (χ2n) is 4.68. The molecular weight excluding hydrogens is 203 g/mol. The summed E-state index contributed by atoms with van der Waals surface area (Å²) in [6.45, 7) is 5.02. The lowest BCUT2D eigenvalue weighted by atomic mass is 9.99. The van der Waals surface area contributed by atoms with E-state index in [9.17, 15) is 4.39 Å². The Hall–Kier alpha value is -1.35. The van der Waals surface area contributed by atoms with E-state index >= 15 is 0 Å². The van der Waals surface area contributed by atoms with Gasteiger partial charge >= 0.3 is 0 Å². The highest BCUT2D eigenvalue weighted by molar-refractivity contribution is 5.88. The number of nitrogens with one attached hydrogen (secondary N) is 2. The van der Waals surface area contributed by atoms with Gasteiger partial charge in [-0.1, -0.05) is 6.07 Å². The first-order chi connectivity index (χ1) is 7.66. The molecule has 1 aliphatic heterocycles. The molecule has 0 amide bonds. The van der Waals surface area contributed by atoms with Gasteiger partial charge in [-0.15, -0.1) is 0 Å². The average Bonchev–Trinajstić information content (AvgIpc) is 2.63. The summed E-state index contributed by atoms with van der Waals surface area (Å²) in [7, 11) is 0. The van der Waals surface area contributed by atoms with Gasteiger partial charge in [-0.2, -0.15) is 0 Å². The molecule has 1 aromatic heterocycles. The van der Waals surface area contributed by atoms with E-state index in [1.807, 2.05) is 13.0 Å². The standard InChI is InChI=1S/C13H15FN2/c1-7-3-4-10(14)13-12(7)9-6-15-8(2)5-11(9)16-13/h3-4,8,15-16H,5-6H2,1-2H3. The Bertz CT molecular complexity index is 557. The lowest BCUT2D eigenvalue weighted by Gasteiger charge is -2.20. The van der Waals surface area contributed by atoms with Gasteiger partial charge in [0, 0.05) is 30.1 Å². The molecule has 1 aliphatic rings. The normalized spacial score (nSPS) is 20.1. The van der Waals surface area contributed by atoms with Crippen LogP contribution in [0.3, 0.4) is 0 Å². The summed E-state index contributed by atoms with van der Waals surface area (Å²) in [5, 5.41) is 4.48. The number of fused-ring (bicyclic) bond motifs is 3. The maximum atomic E-state index is 13.7. The molecule has 2 nitrogen and oxygen atoms in total. The number of hydrogen-bond donors (Lipinski definition) is 2. The highest BCUT2D eigenvalue weighted by atomic mass is 19.1. The number of rotatable bonds is 0.